The number of fused-ring (bicyclic) bond motifs is 6. The van der Waals surface area contributed by atoms with E-state index in [0.717, 1.165) is 19.3 Å². The molecule has 44 heavy (non-hydrogen) atoms. The van der Waals surface area contributed by atoms with Gasteiger partial charge in [0, 0.05) is 22.6 Å². The molecular formula is C43H37N. The lowest BCUT2D eigenvalue weighted by Gasteiger charge is -2.18. The zero-order valence-corrected chi connectivity index (χ0v) is 25.8. The van der Waals surface area contributed by atoms with Gasteiger partial charge in [0.1, 0.15) is 0 Å². The molecule has 1 aromatic heterocycles. The monoisotopic (exact) mass is 567 g/mol. The normalized spacial score (nSPS) is 18.9. The molecule has 0 radical (unpaired) electrons. The van der Waals surface area contributed by atoms with E-state index in [1.807, 2.05) is 0 Å². The molecule has 1 heterocycles. The molecule has 0 saturated heterocycles. The summed E-state index contributed by atoms with van der Waals surface area (Å²) in [6, 6.07) is 25.0. The van der Waals surface area contributed by atoms with Crippen LogP contribution in [0.3, 0.4) is 0 Å². The Labute approximate surface area is 260 Å². The predicted molar refractivity (Wildman–Crippen MR) is 190 cm³/mol. The van der Waals surface area contributed by atoms with E-state index in [1.165, 1.54) is 83.1 Å². The van der Waals surface area contributed by atoms with Crippen molar-refractivity contribution in [1.29, 1.82) is 0 Å². The molecule has 8 rings (SSSR count). The maximum atomic E-state index is 2.55. The molecule has 5 aromatic rings. The third-order valence-corrected chi connectivity index (χ3v) is 9.91. The highest BCUT2D eigenvalue weighted by atomic mass is 15.0. The molecule has 0 N–H and O–H groups in total. The molecule has 0 aliphatic heterocycles. The van der Waals surface area contributed by atoms with E-state index in [1.54, 1.807) is 0 Å². The lowest BCUT2D eigenvalue weighted by Crippen LogP contribution is -2.01. The second kappa shape index (κ2) is 10.7. The Kier molecular flexibility index (Phi) is 6.49. The molecule has 3 aliphatic carbocycles. The van der Waals surface area contributed by atoms with Crippen LogP contribution in [0.2, 0.25) is 0 Å². The number of nitrogens with zero attached hydrogens (tertiary/aromatic N) is 1. The zero-order chi connectivity index (χ0) is 29.8. The lowest BCUT2D eigenvalue weighted by molar-refractivity contribution is 0.925. The Balaban J connectivity index is 1.37. The molecule has 1 heteroatoms. The fraction of sp³-hybridized carbons (Fsp3) is 0.163. The van der Waals surface area contributed by atoms with Crippen LogP contribution >= 0.6 is 0 Å². The van der Waals surface area contributed by atoms with Gasteiger partial charge >= 0.3 is 0 Å². The average molecular weight is 568 g/mol. The second-order valence-electron chi connectivity index (χ2n) is 12.5. The van der Waals surface area contributed by atoms with Gasteiger partial charge in [-0.25, -0.2) is 0 Å². The van der Waals surface area contributed by atoms with Crippen LogP contribution in [0, 0.1) is 13.8 Å². The molecule has 1 unspecified atom stereocenters. The van der Waals surface area contributed by atoms with Gasteiger partial charge in [0.25, 0.3) is 0 Å². The third-order valence-electron chi connectivity index (χ3n) is 9.91. The largest absolute Gasteiger partial charge is 0.309 e. The molecule has 0 bridgehead atoms. The highest BCUT2D eigenvalue weighted by Crippen LogP contribution is 2.46. The smallest absolute Gasteiger partial charge is 0.0582 e. The quantitative estimate of drug-likeness (QED) is 0.204. The minimum absolute atomic E-state index is 0.429. The second-order valence-corrected chi connectivity index (χ2v) is 12.5. The molecule has 0 fully saturated rings. The number of hydrogen-bond donors (Lipinski definition) is 0. The summed E-state index contributed by atoms with van der Waals surface area (Å²) in [4.78, 5) is 0. The van der Waals surface area contributed by atoms with Crippen LogP contribution in [0.5, 0.6) is 0 Å². The van der Waals surface area contributed by atoms with E-state index in [2.05, 4.69) is 153 Å². The molecule has 0 amide bonds. The van der Waals surface area contributed by atoms with Gasteiger partial charge in [0.05, 0.1) is 11.2 Å². The van der Waals surface area contributed by atoms with Crippen LogP contribution < -0.4 is 0 Å². The first-order valence-electron chi connectivity index (χ1n) is 15.9. The number of hydrogen-bond acceptors (Lipinski definition) is 0. The maximum Gasteiger partial charge on any atom is 0.0582 e. The van der Waals surface area contributed by atoms with Gasteiger partial charge in [-0.2, -0.15) is 0 Å². The van der Waals surface area contributed by atoms with Crippen LogP contribution in [-0.4, -0.2) is 4.57 Å². The summed E-state index contributed by atoms with van der Waals surface area (Å²) in [7, 11) is 0. The number of aryl methyl sites for hydroxylation is 2. The lowest BCUT2D eigenvalue weighted by atomic mass is 9.88. The van der Waals surface area contributed by atoms with Crippen molar-refractivity contribution in [3.05, 3.63) is 160 Å². The molecular weight excluding hydrogens is 530 g/mol. The Morgan fingerprint density at radius 2 is 1.61 bits per heavy atom. The maximum absolute atomic E-state index is 2.55. The summed E-state index contributed by atoms with van der Waals surface area (Å²) < 4.78 is 2.55. The topological polar surface area (TPSA) is 4.93 Å². The van der Waals surface area contributed by atoms with E-state index in [0.29, 0.717) is 5.92 Å². The Bertz CT molecular complexity index is 2170. The van der Waals surface area contributed by atoms with Gasteiger partial charge in [0.2, 0.25) is 0 Å². The minimum Gasteiger partial charge on any atom is -0.309 e. The number of aromatic nitrogens is 1. The van der Waals surface area contributed by atoms with Crippen molar-refractivity contribution in [3.63, 3.8) is 0 Å². The SMILES string of the molecule is Cc1ccccc1-c1c(C)c2c(c3c(n2-c2ccc4c(c2)C/C(=C/C=C2/C=CC=CC2)C4C)C=CCC=C3)c2ccccc12. The van der Waals surface area contributed by atoms with E-state index < -0.39 is 0 Å². The molecule has 3 aliphatic rings. The van der Waals surface area contributed by atoms with E-state index in [9.17, 15) is 0 Å². The van der Waals surface area contributed by atoms with Gasteiger partial charge in [0.15, 0.2) is 0 Å². The Morgan fingerprint density at radius 1 is 0.795 bits per heavy atom. The van der Waals surface area contributed by atoms with E-state index in [-0.39, 0.29) is 0 Å². The third kappa shape index (κ3) is 4.22. The molecule has 214 valence electrons. The van der Waals surface area contributed by atoms with Crippen molar-refractivity contribution in [2.75, 3.05) is 0 Å². The number of allylic oxidation sites excluding steroid dienone is 10. The number of rotatable bonds is 3. The van der Waals surface area contributed by atoms with E-state index >= 15 is 0 Å². The number of benzene rings is 4. The summed E-state index contributed by atoms with van der Waals surface area (Å²) in [6.45, 7) is 6.93. The summed E-state index contributed by atoms with van der Waals surface area (Å²) >= 11 is 0. The van der Waals surface area contributed by atoms with Gasteiger partial charge in [-0.1, -0.05) is 122 Å². The van der Waals surface area contributed by atoms with Crippen LogP contribution in [0.4, 0.5) is 0 Å². The first-order valence-corrected chi connectivity index (χ1v) is 15.9. The zero-order valence-electron chi connectivity index (χ0n) is 25.8. The van der Waals surface area contributed by atoms with Crippen molar-refractivity contribution in [2.24, 2.45) is 0 Å². The molecule has 0 spiro atoms. The predicted octanol–water partition coefficient (Wildman–Crippen LogP) is 11.5. The fourth-order valence-electron chi connectivity index (χ4n) is 7.67. The fourth-order valence-corrected chi connectivity index (χ4v) is 7.67. The summed E-state index contributed by atoms with van der Waals surface area (Å²) in [5.74, 6) is 0.429. The molecule has 1 nitrogen and oxygen atoms in total. The summed E-state index contributed by atoms with van der Waals surface area (Å²) in [5, 5.41) is 3.99. The van der Waals surface area contributed by atoms with Gasteiger partial charge in [-0.15, -0.1) is 0 Å². The van der Waals surface area contributed by atoms with E-state index in [4.69, 9.17) is 0 Å². The first kappa shape index (κ1) is 26.7. The highest BCUT2D eigenvalue weighted by molar-refractivity contribution is 6.19. The highest BCUT2D eigenvalue weighted by Gasteiger charge is 2.27. The first-order chi connectivity index (χ1) is 21.6. The molecule has 4 aromatic carbocycles. The molecule has 1 atom stereocenters. The van der Waals surface area contributed by atoms with Crippen molar-refractivity contribution in [3.8, 4) is 16.8 Å². The van der Waals surface area contributed by atoms with Gasteiger partial charge in [-0.05, 0) is 101 Å². The summed E-state index contributed by atoms with van der Waals surface area (Å²) in [6.07, 6.45) is 25.7. The molecule has 0 saturated carbocycles. The summed E-state index contributed by atoms with van der Waals surface area (Å²) in [5.41, 5.74) is 16.2. The van der Waals surface area contributed by atoms with Crippen molar-refractivity contribution < 1.29 is 0 Å². The minimum atomic E-state index is 0.429. The van der Waals surface area contributed by atoms with Crippen molar-refractivity contribution >= 4 is 33.8 Å². The standard InChI is InChI=1S/C43H37N/c1-28-14-10-11-17-35(28)41-30(3)43-42(38-19-13-12-18-37(38)41)39-20-8-5-9-21-40(39)44(43)34-24-25-36-29(2)32(26-33(36)27-34)23-22-31-15-6-4-7-16-31/h4,6-15,17-25,27,29H,5,16,26H2,1-3H3/b31-22-,32-23-. The van der Waals surface area contributed by atoms with Crippen molar-refractivity contribution in [2.45, 2.75) is 46.0 Å². The average Bonchev–Trinajstić information content (AvgIpc) is 3.43. The van der Waals surface area contributed by atoms with Crippen LogP contribution in [-0.2, 0) is 6.42 Å². The van der Waals surface area contributed by atoms with Gasteiger partial charge in [-0.3, -0.25) is 0 Å². The van der Waals surface area contributed by atoms with Crippen molar-refractivity contribution in [1.82, 2.24) is 4.57 Å². The Morgan fingerprint density at radius 3 is 2.45 bits per heavy atom. The van der Waals surface area contributed by atoms with Crippen LogP contribution in [0.1, 0.15) is 59.2 Å². The Hall–Kier alpha value is -4.88. The van der Waals surface area contributed by atoms with Crippen LogP contribution in [0.15, 0.2) is 126 Å². The van der Waals surface area contributed by atoms with Crippen LogP contribution in [0.25, 0.3) is 50.6 Å². The van der Waals surface area contributed by atoms with Gasteiger partial charge < -0.3 is 4.57 Å².